The van der Waals surface area contributed by atoms with E-state index in [2.05, 4.69) is 25.1 Å². The summed E-state index contributed by atoms with van der Waals surface area (Å²) in [5, 5.41) is 5.86. The third-order valence-electron chi connectivity index (χ3n) is 4.31. The fourth-order valence-electron chi connectivity index (χ4n) is 2.88. The molecule has 2 heterocycles. The van der Waals surface area contributed by atoms with Crippen LogP contribution < -0.4 is 10.1 Å². The van der Waals surface area contributed by atoms with Crippen LogP contribution in [0.5, 0.6) is 5.75 Å². The quantitative estimate of drug-likeness (QED) is 0.606. The van der Waals surface area contributed by atoms with Gasteiger partial charge in [-0.2, -0.15) is 18.2 Å². The summed E-state index contributed by atoms with van der Waals surface area (Å²) in [6.45, 7) is 2.72. The summed E-state index contributed by atoms with van der Waals surface area (Å²) in [7, 11) is 0. The average molecular weight is 447 g/mol. The molecule has 0 fully saturated rings. The zero-order chi connectivity index (χ0) is 23.0. The van der Waals surface area contributed by atoms with Crippen LogP contribution in [0.25, 0.3) is 5.78 Å². The van der Waals surface area contributed by atoms with Gasteiger partial charge in [-0.25, -0.2) is 9.50 Å². The number of rotatable bonds is 5. The number of aromatic nitrogens is 4. The van der Waals surface area contributed by atoms with E-state index in [-0.39, 0.29) is 35.7 Å². The van der Waals surface area contributed by atoms with Crippen molar-refractivity contribution >= 4 is 11.7 Å². The monoisotopic (exact) mass is 447 g/mol. The second-order valence-corrected chi connectivity index (χ2v) is 6.52. The van der Waals surface area contributed by atoms with E-state index >= 15 is 0 Å². The van der Waals surface area contributed by atoms with Gasteiger partial charge in [0, 0.05) is 29.1 Å². The van der Waals surface area contributed by atoms with Gasteiger partial charge < -0.3 is 10.1 Å². The third kappa shape index (κ3) is 5.22. The molecule has 0 aliphatic heterocycles. The van der Waals surface area contributed by atoms with E-state index < -0.39 is 30.0 Å². The first-order valence-corrected chi connectivity index (χ1v) is 8.75. The number of aryl methyl sites for hydroxylation is 2. The molecule has 0 atom stereocenters. The molecule has 0 saturated heterocycles. The Morgan fingerprint density at radius 1 is 1.10 bits per heavy atom. The van der Waals surface area contributed by atoms with E-state index in [9.17, 15) is 31.1 Å². The van der Waals surface area contributed by atoms with E-state index in [0.717, 1.165) is 10.6 Å². The van der Waals surface area contributed by atoms with Crippen molar-refractivity contribution in [3.63, 3.8) is 0 Å². The Balaban J connectivity index is 1.77. The Morgan fingerprint density at radius 3 is 2.42 bits per heavy atom. The summed E-state index contributed by atoms with van der Waals surface area (Å²) in [6, 6.07) is 5.32. The highest BCUT2D eigenvalue weighted by Crippen LogP contribution is 2.28. The number of hydrogen-bond donors (Lipinski definition) is 1. The van der Waals surface area contributed by atoms with Crippen LogP contribution in [0.2, 0.25) is 0 Å². The smallest absolute Gasteiger partial charge is 0.405 e. The Labute approximate surface area is 171 Å². The van der Waals surface area contributed by atoms with E-state index in [1.807, 2.05) is 0 Å². The fraction of sp³-hybridized carbons (Fsp3) is 0.333. The number of nitrogens with one attached hydrogen (secondary N) is 1. The molecule has 0 spiro atoms. The van der Waals surface area contributed by atoms with Gasteiger partial charge in [-0.3, -0.25) is 4.79 Å². The molecule has 0 aliphatic rings. The number of alkyl halides is 6. The van der Waals surface area contributed by atoms with Crippen LogP contribution >= 0.6 is 0 Å². The molecule has 1 amide bonds. The van der Waals surface area contributed by atoms with Crippen molar-refractivity contribution in [2.45, 2.75) is 39.4 Å². The third-order valence-corrected chi connectivity index (χ3v) is 4.31. The highest BCUT2D eigenvalue weighted by atomic mass is 19.4. The van der Waals surface area contributed by atoms with Crippen molar-refractivity contribution in [1.29, 1.82) is 0 Å². The number of amides is 1. The van der Waals surface area contributed by atoms with Crippen LogP contribution in [0.3, 0.4) is 0 Å². The number of hydrogen-bond acceptors (Lipinski definition) is 5. The zero-order valence-electron chi connectivity index (χ0n) is 16.1. The normalized spacial score (nSPS) is 12.3. The van der Waals surface area contributed by atoms with Crippen molar-refractivity contribution < 1.29 is 35.9 Å². The summed E-state index contributed by atoms with van der Waals surface area (Å²) >= 11 is 0. The minimum absolute atomic E-state index is 0.0984. The van der Waals surface area contributed by atoms with Gasteiger partial charge in [0.15, 0.2) is 0 Å². The number of ether oxygens (including phenoxy) is 1. The Bertz CT molecular complexity index is 1120. The van der Waals surface area contributed by atoms with Crippen molar-refractivity contribution in [1.82, 2.24) is 24.9 Å². The van der Waals surface area contributed by atoms with Gasteiger partial charge in [0.05, 0.1) is 6.42 Å². The van der Waals surface area contributed by atoms with Crippen molar-refractivity contribution in [3.05, 3.63) is 52.6 Å². The van der Waals surface area contributed by atoms with Crippen molar-refractivity contribution in [2.24, 2.45) is 0 Å². The molecule has 3 rings (SSSR count). The number of fused-ring (bicyclic) bond motifs is 1. The van der Waals surface area contributed by atoms with Crippen molar-refractivity contribution in [3.8, 4) is 5.75 Å². The summed E-state index contributed by atoms with van der Waals surface area (Å²) < 4.78 is 80.9. The van der Waals surface area contributed by atoms with Crippen molar-refractivity contribution in [2.75, 3.05) is 0 Å². The lowest BCUT2D eigenvalue weighted by Crippen LogP contribution is -2.26. The van der Waals surface area contributed by atoms with Crippen LogP contribution in [-0.2, 0) is 23.9 Å². The molecule has 0 saturated carbocycles. The van der Waals surface area contributed by atoms with Gasteiger partial charge in [0.2, 0.25) is 5.91 Å². The molecule has 2 aromatic heterocycles. The highest BCUT2D eigenvalue weighted by molar-refractivity contribution is 5.79. The summed E-state index contributed by atoms with van der Waals surface area (Å²) in [5.74, 6) is -2.64. The van der Waals surface area contributed by atoms with Crippen LogP contribution in [-0.4, -0.2) is 31.9 Å². The van der Waals surface area contributed by atoms with Gasteiger partial charge >= 0.3 is 12.5 Å². The predicted molar refractivity (Wildman–Crippen MR) is 93.9 cm³/mol. The Kier molecular flexibility index (Phi) is 5.79. The maximum absolute atomic E-state index is 12.9. The molecule has 0 unspecified atom stereocenters. The number of para-hydroxylation sites is 1. The van der Waals surface area contributed by atoms with E-state index in [1.165, 1.54) is 32.0 Å². The van der Waals surface area contributed by atoms with Crippen LogP contribution in [0.15, 0.2) is 24.3 Å². The van der Waals surface area contributed by atoms with Gasteiger partial charge in [0.1, 0.15) is 5.75 Å². The molecule has 1 aromatic carbocycles. The Hall–Kier alpha value is -3.38. The maximum Gasteiger partial charge on any atom is 0.573 e. The SMILES string of the molecule is Cc1nc2nc(C(F)(F)F)nn2c(C)c1CC(=O)NCc1ccccc1OC(F)(F)F. The minimum atomic E-state index is -4.89. The lowest BCUT2D eigenvalue weighted by molar-refractivity contribution is -0.274. The van der Waals surface area contributed by atoms with E-state index in [1.54, 1.807) is 0 Å². The molecule has 13 heteroatoms. The number of carbonyl (C=O) groups excluding carboxylic acids is 1. The molecule has 31 heavy (non-hydrogen) atoms. The first kappa shape index (κ1) is 22.3. The predicted octanol–water partition coefficient (Wildman–Crippen LogP) is 3.52. The van der Waals surface area contributed by atoms with Gasteiger partial charge in [-0.15, -0.1) is 18.3 Å². The fourth-order valence-corrected chi connectivity index (χ4v) is 2.88. The molecular weight excluding hydrogens is 432 g/mol. The van der Waals surface area contributed by atoms with Crippen LogP contribution in [0.1, 0.15) is 28.3 Å². The van der Waals surface area contributed by atoms with Crippen LogP contribution in [0.4, 0.5) is 26.3 Å². The molecule has 1 N–H and O–H groups in total. The lowest BCUT2D eigenvalue weighted by atomic mass is 10.1. The standard InChI is InChI=1S/C18H15F6N5O2/c1-9-12(10(2)29-16(26-9)27-15(28-29)17(19,20)21)7-14(30)25-8-11-5-3-4-6-13(11)31-18(22,23)24/h3-6H,7-8H2,1-2H3,(H,25,30). The summed E-state index contributed by atoms with van der Waals surface area (Å²) in [4.78, 5) is 19.7. The largest absolute Gasteiger partial charge is 0.573 e. The summed E-state index contributed by atoms with van der Waals surface area (Å²) in [6.07, 6.45) is -9.91. The molecule has 0 radical (unpaired) electrons. The molecular formula is C18H15F6N5O2. The van der Waals surface area contributed by atoms with E-state index in [0.29, 0.717) is 5.56 Å². The lowest BCUT2D eigenvalue weighted by Gasteiger charge is -2.14. The number of carbonyl (C=O) groups is 1. The number of benzene rings is 1. The van der Waals surface area contributed by atoms with Gasteiger partial charge in [-0.1, -0.05) is 18.2 Å². The zero-order valence-corrected chi connectivity index (χ0v) is 16.1. The highest BCUT2D eigenvalue weighted by Gasteiger charge is 2.37. The minimum Gasteiger partial charge on any atom is -0.405 e. The number of nitrogens with zero attached hydrogens (tertiary/aromatic N) is 4. The second-order valence-electron chi connectivity index (χ2n) is 6.52. The van der Waals surface area contributed by atoms with Crippen LogP contribution in [0, 0.1) is 13.8 Å². The number of halogens is 6. The van der Waals surface area contributed by atoms with E-state index in [4.69, 9.17) is 0 Å². The second kappa shape index (κ2) is 8.04. The first-order valence-electron chi connectivity index (χ1n) is 8.75. The summed E-state index contributed by atoms with van der Waals surface area (Å²) in [5.41, 5.74) is 0.938. The van der Waals surface area contributed by atoms with Gasteiger partial charge in [0.25, 0.3) is 11.6 Å². The molecule has 3 aromatic rings. The molecule has 0 aliphatic carbocycles. The topological polar surface area (TPSA) is 81.4 Å². The molecule has 7 nitrogen and oxygen atoms in total. The molecule has 0 bridgehead atoms. The maximum atomic E-state index is 12.9. The Morgan fingerprint density at radius 2 is 1.77 bits per heavy atom. The average Bonchev–Trinajstić information content (AvgIpc) is 3.08. The first-order chi connectivity index (χ1) is 14.3. The van der Waals surface area contributed by atoms with Gasteiger partial charge in [-0.05, 0) is 19.9 Å². The molecule has 166 valence electrons.